The van der Waals surface area contributed by atoms with Crippen LogP contribution in [-0.2, 0) is 19.1 Å². The fourth-order valence-electron chi connectivity index (χ4n) is 3.14. The van der Waals surface area contributed by atoms with Gasteiger partial charge < -0.3 is 19.9 Å². The number of carbonyl (C=O) groups excluding carboxylic acids is 3. The first-order chi connectivity index (χ1) is 17.1. The van der Waals surface area contributed by atoms with E-state index >= 15 is 0 Å². The van der Waals surface area contributed by atoms with E-state index in [0.29, 0.717) is 5.69 Å². The zero-order chi connectivity index (χ0) is 26.4. The number of aryl methyl sites for hydroxylation is 2. The van der Waals surface area contributed by atoms with E-state index in [0.717, 1.165) is 11.1 Å². The van der Waals surface area contributed by atoms with E-state index in [9.17, 15) is 24.3 Å². The van der Waals surface area contributed by atoms with E-state index in [2.05, 4.69) is 5.32 Å². The number of hydrogen-bond donors (Lipinski definition) is 2. The van der Waals surface area contributed by atoms with Crippen LogP contribution < -0.4 is 5.32 Å². The average Bonchev–Trinajstić information content (AvgIpc) is 2.83. The summed E-state index contributed by atoms with van der Waals surface area (Å²) in [5.41, 5.74) is 1.91. The van der Waals surface area contributed by atoms with E-state index in [1.165, 1.54) is 36.4 Å². The molecule has 186 valence electrons. The molecular formula is C26H21Cl2NO7. The van der Waals surface area contributed by atoms with E-state index in [1.807, 2.05) is 13.8 Å². The maximum absolute atomic E-state index is 13.2. The van der Waals surface area contributed by atoms with Gasteiger partial charge in [-0.3, -0.25) is 4.79 Å². The van der Waals surface area contributed by atoms with Crippen molar-refractivity contribution in [2.45, 2.75) is 26.1 Å². The molecule has 0 aliphatic rings. The number of benzene rings is 3. The van der Waals surface area contributed by atoms with Gasteiger partial charge in [0.1, 0.15) is 0 Å². The first kappa shape index (κ1) is 26.7. The van der Waals surface area contributed by atoms with E-state index in [-0.39, 0.29) is 21.2 Å². The van der Waals surface area contributed by atoms with Crippen molar-refractivity contribution in [2.24, 2.45) is 0 Å². The maximum Gasteiger partial charge on any atom is 0.349 e. The van der Waals surface area contributed by atoms with Crippen LogP contribution in [-0.4, -0.2) is 41.1 Å². The van der Waals surface area contributed by atoms with Crippen molar-refractivity contribution < 1.29 is 33.8 Å². The zero-order valence-electron chi connectivity index (χ0n) is 19.2. The highest BCUT2D eigenvalue weighted by molar-refractivity contribution is 6.34. The lowest BCUT2D eigenvalue weighted by molar-refractivity contribution is -0.157. The second-order valence-electron chi connectivity index (χ2n) is 7.74. The van der Waals surface area contributed by atoms with E-state index in [4.69, 9.17) is 32.7 Å². The van der Waals surface area contributed by atoms with E-state index < -0.39 is 36.0 Å². The highest BCUT2D eigenvalue weighted by Crippen LogP contribution is 2.22. The van der Waals surface area contributed by atoms with Crippen LogP contribution in [0.15, 0.2) is 66.7 Å². The molecule has 3 rings (SSSR count). The van der Waals surface area contributed by atoms with Gasteiger partial charge >= 0.3 is 17.9 Å². The summed E-state index contributed by atoms with van der Waals surface area (Å²) >= 11 is 12.1. The quantitative estimate of drug-likeness (QED) is 0.390. The van der Waals surface area contributed by atoms with Crippen LogP contribution >= 0.6 is 23.2 Å². The predicted octanol–water partition coefficient (Wildman–Crippen LogP) is 5.08. The first-order valence-corrected chi connectivity index (χ1v) is 11.4. The Labute approximate surface area is 216 Å². The SMILES string of the molecule is Cc1ccc(NC(=O)[C@H](OC(=O)c2ccccc2Cl)[C@H](OC(=O)c2ccccc2Cl)C(=O)O)cc1C. The summed E-state index contributed by atoms with van der Waals surface area (Å²) in [4.78, 5) is 50.8. The number of amides is 1. The molecule has 0 aliphatic carbocycles. The number of halogens is 2. The summed E-state index contributed by atoms with van der Waals surface area (Å²) in [5, 5.41) is 12.4. The molecule has 8 nitrogen and oxygen atoms in total. The number of rotatable bonds is 8. The third-order valence-corrected chi connectivity index (χ3v) is 5.87. The summed E-state index contributed by atoms with van der Waals surface area (Å²) < 4.78 is 10.4. The van der Waals surface area contributed by atoms with E-state index in [1.54, 1.807) is 30.3 Å². The van der Waals surface area contributed by atoms with Crippen LogP contribution in [0.3, 0.4) is 0 Å². The molecule has 0 saturated carbocycles. The Morgan fingerprint density at radius 1 is 0.750 bits per heavy atom. The van der Waals surface area contributed by atoms with Crippen LogP contribution in [0.4, 0.5) is 5.69 Å². The van der Waals surface area contributed by atoms with Crippen LogP contribution in [0, 0.1) is 13.8 Å². The van der Waals surface area contributed by atoms with Gasteiger partial charge in [0.2, 0.25) is 12.2 Å². The van der Waals surface area contributed by atoms with Crippen molar-refractivity contribution in [2.75, 3.05) is 5.32 Å². The summed E-state index contributed by atoms with van der Waals surface area (Å²) in [6.45, 7) is 3.70. The van der Waals surface area contributed by atoms with Gasteiger partial charge in [0.15, 0.2) is 0 Å². The lowest BCUT2D eigenvalue weighted by Gasteiger charge is -2.24. The minimum Gasteiger partial charge on any atom is -0.478 e. The molecule has 0 heterocycles. The number of nitrogens with one attached hydrogen (secondary N) is 1. The Morgan fingerprint density at radius 2 is 1.25 bits per heavy atom. The zero-order valence-corrected chi connectivity index (χ0v) is 20.7. The minimum absolute atomic E-state index is 0.0100. The average molecular weight is 530 g/mol. The van der Waals surface area contributed by atoms with Crippen LogP contribution in [0.5, 0.6) is 0 Å². The number of carboxylic acid groups (broad SMARTS) is 1. The van der Waals surface area contributed by atoms with Crippen molar-refractivity contribution in [3.8, 4) is 0 Å². The Balaban J connectivity index is 1.95. The molecule has 0 radical (unpaired) electrons. The molecule has 10 heteroatoms. The molecule has 36 heavy (non-hydrogen) atoms. The topological polar surface area (TPSA) is 119 Å². The molecule has 0 aliphatic heterocycles. The third kappa shape index (κ3) is 6.41. The summed E-state index contributed by atoms with van der Waals surface area (Å²) in [6, 6.07) is 16.7. The molecule has 0 spiro atoms. The molecule has 2 N–H and O–H groups in total. The number of ether oxygens (including phenoxy) is 2. The first-order valence-electron chi connectivity index (χ1n) is 10.6. The van der Waals surface area contributed by atoms with Crippen molar-refractivity contribution in [1.29, 1.82) is 0 Å². The summed E-state index contributed by atoms with van der Waals surface area (Å²) in [5.74, 6) is -4.95. The van der Waals surface area contributed by atoms with Gasteiger partial charge in [-0.25, -0.2) is 14.4 Å². The number of carboxylic acids is 1. The Kier molecular flexibility index (Phi) is 8.68. The fourth-order valence-corrected chi connectivity index (χ4v) is 3.56. The third-order valence-electron chi connectivity index (χ3n) is 5.21. The molecule has 0 aromatic heterocycles. The molecule has 3 aromatic rings. The highest BCUT2D eigenvalue weighted by Gasteiger charge is 2.41. The van der Waals surface area contributed by atoms with Crippen LogP contribution in [0.1, 0.15) is 31.8 Å². The molecule has 0 fully saturated rings. The molecular weight excluding hydrogens is 509 g/mol. The van der Waals surface area contributed by atoms with Crippen LogP contribution in [0.25, 0.3) is 0 Å². The Morgan fingerprint density at radius 3 is 1.72 bits per heavy atom. The monoisotopic (exact) mass is 529 g/mol. The Bertz CT molecular complexity index is 1330. The van der Waals surface area contributed by atoms with Gasteiger partial charge in [0.25, 0.3) is 5.91 Å². The summed E-state index contributed by atoms with van der Waals surface area (Å²) in [6.07, 6.45) is -4.27. The molecule has 0 saturated heterocycles. The number of hydrogen-bond acceptors (Lipinski definition) is 6. The van der Waals surface area contributed by atoms with Gasteiger partial charge in [-0.15, -0.1) is 0 Å². The summed E-state index contributed by atoms with van der Waals surface area (Å²) in [7, 11) is 0. The van der Waals surface area contributed by atoms with Crippen molar-refractivity contribution in [1.82, 2.24) is 0 Å². The second kappa shape index (κ2) is 11.7. The normalized spacial score (nSPS) is 12.2. The molecule has 2 atom stereocenters. The number of esters is 2. The second-order valence-corrected chi connectivity index (χ2v) is 8.55. The molecule has 3 aromatic carbocycles. The largest absolute Gasteiger partial charge is 0.478 e. The van der Waals surface area contributed by atoms with Crippen molar-refractivity contribution >= 4 is 52.7 Å². The van der Waals surface area contributed by atoms with Gasteiger partial charge in [-0.05, 0) is 61.4 Å². The highest BCUT2D eigenvalue weighted by atomic mass is 35.5. The number of carbonyl (C=O) groups is 4. The van der Waals surface area contributed by atoms with Crippen molar-refractivity contribution in [3.63, 3.8) is 0 Å². The maximum atomic E-state index is 13.2. The number of aliphatic carboxylic acids is 1. The van der Waals surface area contributed by atoms with Gasteiger partial charge in [0, 0.05) is 5.69 Å². The van der Waals surface area contributed by atoms with Gasteiger partial charge in [0.05, 0.1) is 21.2 Å². The molecule has 0 bridgehead atoms. The lowest BCUT2D eigenvalue weighted by Crippen LogP contribution is -2.48. The van der Waals surface area contributed by atoms with Gasteiger partial charge in [-0.1, -0.05) is 53.5 Å². The standard InChI is InChI=1S/C26H21Cl2NO7/c1-14-11-12-16(13-15(14)2)29-23(30)21(35-25(33)17-7-3-5-9-19(17)27)22(24(31)32)36-26(34)18-8-4-6-10-20(18)28/h3-13,21-22H,1-2H3,(H,29,30)(H,31,32)/t21-,22+/m1/s1. The van der Waals surface area contributed by atoms with Crippen molar-refractivity contribution in [3.05, 3.63) is 99.0 Å². The fraction of sp³-hybridized carbons (Fsp3) is 0.154. The smallest absolute Gasteiger partial charge is 0.349 e. The molecule has 1 amide bonds. The predicted molar refractivity (Wildman–Crippen MR) is 133 cm³/mol. The number of anilines is 1. The minimum atomic E-state index is -2.20. The lowest BCUT2D eigenvalue weighted by atomic mass is 10.1. The molecule has 0 unspecified atom stereocenters. The van der Waals surface area contributed by atoms with Gasteiger partial charge in [-0.2, -0.15) is 0 Å². The Hall–Kier alpha value is -3.88. The van der Waals surface area contributed by atoms with Crippen LogP contribution in [0.2, 0.25) is 10.0 Å².